The second-order valence-corrected chi connectivity index (χ2v) is 9.58. The minimum absolute atomic E-state index is 0.219. The van der Waals surface area contributed by atoms with Crippen LogP contribution in [-0.4, -0.2) is 30.8 Å². The lowest BCUT2D eigenvalue weighted by Crippen LogP contribution is -2.28. The van der Waals surface area contributed by atoms with Crippen molar-refractivity contribution in [2.45, 2.75) is 16.5 Å². The fourth-order valence-corrected chi connectivity index (χ4v) is 6.33. The first-order chi connectivity index (χ1) is 11.1. The molecule has 7 heteroatoms. The predicted octanol–water partition coefficient (Wildman–Crippen LogP) is 4.06. The molecule has 4 rings (SSSR count). The van der Waals surface area contributed by atoms with Gasteiger partial charge in [0.25, 0.3) is 10.0 Å². The van der Waals surface area contributed by atoms with Gasteiger partial charge in [-0.1, -0.05) is 29.8 Å². The van der Waals surface area contributed by atoms with Crippen molar-refractivity contribution in [3.63, 3.8) is 0 Å². The third-order valence-electron chi connectivity index (χ3n) is 4.35. The van der Waals surface area contributed by atoms with Crippen molar-refractivity contribution in [1.82, 2.24) is 9.29 Å². The summed E-state index contributed by atoms with van der Waals surface area (Å²) < 4.78 is 27.8. The van der Waals surface area contributed by atoms with E-state index in [-0.39, 0.29) is 5.92 Å². The number of rotatable bonds is 3. The van der Waals surface area contributed by atoms with Gasteiger partial charge in [0.2, 0.25) is 0 Å². The second-order valence-electron chi connectivity index (χ2n) is 5.70. The highest BCUT2D eigenvalue weighted by Crippen LogP contribution is 2.36. The Morgan fingerprint density at radius 2 is 2.04 bits per heavy atom. The van der Waals surface area contributed by atoms with Crippen LogP contribution in [0.3, 0.4) is 0 Å². The van der Waals surface area contributed by atoms with E-state index >= 15 is 0 Å². The number of hydrogen-bond acceptors (Lipinski definition) is 3. The average Bonchev–Trinajstić information content (AvgIpc) is 3.25. The van der Waals surface area contributed by atoms with Crippen LogP contribution in [0.5, 0.6) is 0 Å². The van der Waals surface area contributed by atoms with Crippen LogP contribution in [0.25, 0.3) is 10.9 Å². The molecule has 1 unspecified atom stereocenters. The molecule has 0 bridgehead atoms. The van der Waals surface area contributed by atoms with E-state index in [1.165, 1.54) is 10.9 Å². The highest BCUT2D eigenvalue weighted by Gasteiger charge is 2.34. The molecule has 1 atom stereocenters. The topological polar surface area (TPSA) is 53.2 Å². The lowest BCUT2D eigenvalue weighted by atomic mass is 9.98. The van der Waals surface area contributed by atoms with Gasteiger partial charge in [-0.3, -0.25) is 0 Å². The van der Waals surface area contributed by atoms with E-state index in [1.807, 2.05) is 24.4 Å². The van der Waals surface area contributed by atoms with Crippen LogP contribution in [0.15, 0.2) is 46.8 Å². The van der Waals surface area contributed by atoms with E-state index in [4.69, 9.17) is 11.6 Å². The zero-order valence-electron chi connectivity index (χ0n) is 12.2. The van der Waals surface area contributed by atoms with Crippen LogP contribution in [0, 0.1) is 0 Å². The lowest BCUT2D eigenvalue weighted by molar-refractivity contribution is 0.475. The van der Waals surface area contributed by atoms with E-state index < -0.39 is 10.0 Å². The van der Waals surface area contributed by atoms with Gasteiger partial charge in [-0.05, 0) is 30.2 Å². The molecular formula is C16H15ClN2O2S2. The van der Waals surface area contributed by atoms with E-state index in [9.17, 15) is 8.42 Å². The number of fused-ring (bicyclic) bond motifs is 1. The molecule has 0 aliphatic carbocycles. The maximum Gasteiger partial charge on any atom is 0.252 e. The molecule has 0 amide bonds. The van der Waals surface area contributed by atoms with Crippen LogP contribution in [0.1, 0.15) is 17.9 Å². The summed E-state index contributed by atoms with van der Waals surface area (Å²) in [6, 6.07) is 11.3. The second kappa shape index (κ2) is 5.63. The van der Waals surface area contributed by atoms with E-state index in [1.54, 1.807) is 16.4 Å². The molecule has 1 aliphatic heterocycles. The maximum atomic E-state index is 12.7. The number of benzene rings is 1. The quantitative estimate of drug-likeness (QED) is 0.759. The van der Waals surface area contributed by atoms with Gasteiger partial charge in [-0.15, -0.1) is 11.3 Å². The molecule has 0 radical (unpaired) electrons. The van der Waals surface area contributed by atoms with Crippen LogP contribution in [0.2, 0.25) is 4.34 Å². The van der Waals surface area contributed by atoms with Crippen molar-refractivity contribution in [3.05, 3.63) is 52.5 Å². The van der Waals surface area contributed by atoms with Gasteiger partial charge in [-0.25, -0.2) is 8.42 Å². The summed E-state index contributed by atoms with van der Waals surface area (Å²) in [5.74, 6) is 0.219. The highest BCUT2D eigenvalue weighted by molar-refractivity contribution is 7.91. The normalized spacial score (nSPS) is 19.6. The van der Waals surface area contributed by atoms with E-state index in [0.717, 1.165) is 23.3 Å². The standard InChI is InChI=1S/C16H15ClN2O2S2/c17-15-5-6-16(22-15)23(20,21)19-8-7-11(10-19)13-9-18-14-4-2-1-3-12(13)14/h1-6,9,11,18H,7-8,10H2. The average molecular weight is 367 g/mol. The van der Waals surface area contributed by atoms with Crippen LogP contribution in [-0.2, 0) is 10.0 Å². The van der Waals surface area contributed by atoms with Crippen LogP contribution >= 0.6 is 22.9 Å². The largest absolute Gasteiger partial charge is 0.361 e. The Morgan fingerprint density at radius 3 is 2.83 bits per heavy atom. The highest BCUT2D eigenvalue weighted by atomic mass is 35.5. The SMILES string of the molecule is O=S(=O)(c1ccc(Cl)s1)N1CCC(c2c[nH]c3ccccc23)C1. The van der Waals surface area contributed by atoms with Crippen LogP contribution < -0.4 is 0 Å². The molecule has 2 aromatic heterocycles. The Kier molecular flexibility index (Phi) is 3.72. The van der Waals surface area contributed by atoms with Gasteiger partial charge in [0.15, 0.2) is 0 Å². The van der Waals surface area contributed by atoms with Gasteiger partial charge in [0.1, 0.15) is 4.21 Å². The number of sulfonamides is 1. The van der Waals surface area contributed by atoms with Crippen molar-refractivity contribution < 1.29 is 8.42 Å². The molecule has 23 heavy (non-hydrogen) atoms. The van der Waals surface area contributed by atoms with Crippen molar-refractivity contribution >= 4 is 43.9 Å². The van der Waals surface area contributed by atoms with Crippen molar-refractivity contribution in [2.24, 2.45) is 0 Å². The molecule has 1 aromatic carbocycles. The fraction of sp³-hybridized carbons (Fsp3) is 0.250. The summed E-state index contributed by atoms with van der Waals surface area (Å²) in [4.78, 5) is 3.27. The number of para-hydroxylation sites is 1. The Hall–Kier alpha value is -1.34. The first kappa shape index (κ1) is 15.2. The molecule has 3 heterocycles. The van der Waals surface area contributed by atoms with E-state index in [2.05, 4.69) is 11.1 Å². The zero-order valence-corrected chi connectivity index (χ0v) is 14.6. The molecule has 1 N–H and O–H groups in total. The minimum Gasteiger partial charge on any atom is -0.361 e. The summed E-state index contributed by atoms with van der Waals surface area (Å²) in [6.45, 7) is 1.06. The Balaban J connectivity index is 1.62. The molecule has 3 aromatic rings. The number of hydrogen-bond donors (Lipinski definition) is 1. The Morgan fingerprint density at radius 1 is 1.22 bits per heavy atom. The maximum absolute atomic E-state index is 12.7. The number of aromatic amines is 1. The van der Waals surface area contributed by atoms with Crippen molar-refractivity contribution in [1.29, 1.82) is 0 Å². The number of thiophene rings is 1. The molecule has 0 saturated carbocycles. The van der Waals surface area contributed by atoms with Gasteiger partial charge in [0.05, 0.1) is 4.34 Å². The summed E-state index contributed by atoms with van der Waals surface area (Å²) in [7, 11) is -3.44. The molecule has 1 fully saturated rings. The number of halogens is 1. The first-order valence-corrected chi connectivity index (χ1v) is 10.0. The molecule has 120 valence electrons. The van der Waals surface area contributed by atoms with Gasteiger partial charge in [0, 0.05) is 36.1 Å². The first-order valence-electron chi connectivity index (χ1n) is 7.37. The number of nitrogens with zero attached hydrogens (tertiary/aromatic N) is 1. The zero-order chi connectivity index (χ0) is 16.0. The van der Waals surface area contributed by atoms with Crippen molar-refractivity contribution in [2.75, 3.05) is 13.1 Å². The van der Waals surface area contributed by atoms with E-state index in [0.29, 0.717) is 21.6 Å². The molecule has 0 spiro atoms. The van der Waals surface area contributed by atoms with Gasteiger partial charge in [-0.2, -0.15) is 4.31 Å². The lowest BCUT2D eigenvalue weighted by Gasteiger charge is -2.15. The van der Waals surface area contributed by atoms with Gasteiger partial charge < -0.3 is 4.98 Å². The van der Waals surface area contributed by atoms with Crippen molar-refractivity contribution in [3.8, 4) is 0 Å². The van der Waals surface area contributed by atoms with Gasteiger partial charge >= 0.3 is 0 Å². The molecule has 4 nitrogen and oxygen atoms in total. The third kappa shape index (κ3) is 2.59. The summed E-state index contributed by atoms with van der Waals surface area (Å²) in [6.07, 6.45) is 2.84. The Labute approximate surface area is 143 Å². The summed E-state index contributed by atoms with van der Waals surface area (Å²) in [5, 5.41) is 1.18. The Bertz CT molecular complexity index is 961. The molecular weight excluding hydrogens is 352 g/mol. The minimum atomic E-state index is -3.44. The third-order valence-corrected chi connectivity index (χ3v) is 7.92. The fourth-order valence-electron chi connectivity index (χ4n) is 3.20. The smallest absolute Gasteiger partial charge is 0.252 e. The number of aromatic nitrogens is 1. The molecule has 1 saturated heterocycles. The number of H-pyrrole nitrogens is 1. The number of nitrogens with one attached hydrogen (secondary N) is 1. The summed E-state index contributed by atoms with van der Waals surface area (Å²) in [5.41, 5.74) is 2.29. The predicted molar refractivity (Wildman–Crippen MR) is 93.7 cm³/mol. The molecule has 1 aliphatic rings. The van der Waals surface area contributed by atoms with Crippen LogP contribution in [0.4, 0.5) is 0 Å². The summed E-state index contributed by atoms with van der Waals surface area (Å²) >= 11 is 6.99. The monoisotopic (exact) mass is 366 g/mol.